The fourth-order valence-corrected chi connectivity index (χ4v) is 4.46. The maximum absolute atomic E-state index is 12.4. The van der Waals surface area contributed by atoms with E-state index in [0.717, 1.165) is 30.4 Å². The van der Waals surface area contributed by atoms with E-state index in [1.165, 1.54) is 0 Å². The van der Waals surface area contributed by atoms with Gasteiger partial charge in [0.25, 0.3) is 0 Å². The number of amides is 1. The predicted molar refractivity (Wildman–Crippen MR) is 135 cm³/mol. The highest BCUT2D eigenvalue weighted by Gasteiger charge is 2.24. The highest BCUT2D eigenvalue weighted by atomic mass is 16.6. The fourth-order valence-electron chi connectivity index (χ4n) is 4.46. The molecule has 0 saturated carbocycles. The fraction of sp³-hybridized carbons (Fsp3) is 0.259. The molecular weight excluding hydrogens is 456 g/mol. The number of phenols is 1. The lowest BCUT2D eigenvalue weighted by Gasteiger charge is -2.31. The van der Waals surface area contributed by atoms with Gasteiger partial charge in [-0.3, -0.25) is 0 Å². The summed E-state index contributed by atoms with van der Waals surface area (Å²) in [6.45, 7) is 1.65. The second-order valence-electron chi connectivity index (χ2n) is 8.99. The van der Waals surface area contributed by atoms with Gasteiger partial charge in [0, 0.05) is 24.8 Å². The van der Waals surface area contributed by atoms with Crippen molar-refractivity contribution in [1.82, 2.24) is 24.9 Å². The van der Waals surface area contributed by atoms with Gasteiger partial charge >= 0.3 is 6.09 Å². The van der Waals surface area contributed by atoms with Crippen molar-refractivity contribution in [3.05, 3.63) is 84.2 Å². The maximum Gasteiger partial charge on any atom is 0.410 e. The topological polar surface area (TPSA) is 119 Å². The van der Waals surface area contributed by atoms with Gasteiger partial charge in [0.15, 0.2) is 5.82 Å². The van der Waals surface area contributed by atoms with Crippen molar-refractivity contribution in [2.75, 3.05) is 18.8 Å². The first-order valence-corrected chi connectivity index (χ1v) is 12.0. The first kappa shape index (κ1) is 23.3. The van der Waals surface area contributed by atoms with E-state index in [1.807, 2.05) is 48.8 Å². The molecule has 0 radical (unpaired) electrons. The van der Waals surface area contributed by atoms with Gasteiger partial charge < -0.3 is 20.5 Å². The zero-order valence-corrected chi connectivity index (χ0v) is 19.8. The molecule has 184 valence electrons. The van der Waals surface area contributed by atoms with Gasteiger partial charge in [0.2, 0.25) is 0 Å². The average Bonchev–Trinajstić information content (AvgIpc) is 3.37. The molecule has 1 amide bonds. The van der Waals surface area contributed by atoms with Crippen LogP contribution >= 0.6 is 0 Å². The lowest BCUT2D eigenvalue weighted by Crippen LogP contribution is -2.39. The molecule has 3 N–H and O–H groups in total. The molecule has 9 heteroatoms. The van der Waals surface area contributed by atoms with Gasteiger partial charge in [-0.2, -0.15) is 5.10 Å². The number of ether oxygens (including phenoxy) is 1. The van der Waals surface area contributed by atoms with Crippen molar-refractivity contribution in [2.24, 2.45) is 5.92 Å². The number of hydrogen-bond donors (Lipinski definition) is 2. The summed E-state index contributed by atoms with van der Waals surface area (Å²) in [7, 11) is 0. The average molecular weight is 485 g/mol. The number of carbonyl (C=O) groups is 1. The van der Waals surface area contributed by atoms with E-state index in [1.54, 1.807) is 33.8 Å². The third-order valence-electron chi connectivity index (χ3n) is 6.47. The summed E-state index contributed by atoms with van der Waals surface area (Å²) in [6, 6.07) is 18.4. The molecule has 0 spiro atoms. The van der Waals surface area contributed by atoms with Crippen molar-refractivity contribution < 1.29 is 14.6 Å². The first-order chi connectivity index (χ1) is 17.6. The quantitative estimate of drug-likeness (QED) is 0.421. The molecule has 4 aromatic rings. The Labute approximate surface area is 209 Å². The lowest BCUT2D eigenvalue weighted by atomic mass is 9.91. The minimum absolute atomic E-state index is 0.124. The van der Waals surface area contributed by atoms with E-state index in [4.69, 9.17) is 10.5 Å². The van der Waals surface area contributed by atoms with Crippen molar-refractivity contribution in [1.29, 1.82) is 0 Å². The number of para-hydroxylation sites is 1. The van der Waals surface area contributed by atoms with Crippen molar-refractivity contribution >= 4 is 11.9 Å². The predicted octanol–water partition coefficient (Wildman–Crippen LogP) is 4.21. The third kappa shape index (κ3) is 5.30. The SMILES string of the molecule is Nc1nnc(-c2ccccc2O)cc1-n1cc(CC2CCN(C(=O)OCc3ccccc3)CC2)cn1. The normalized spacial score (nSPS) is 14.1. The number of benzene rings is 2. The third-order valence-corrected chi connectivity index (χ3v) is 6.47. The molecule has 1 saturated heterocycles. The number of aromatic nitrogens is 4. The Balaban J connectivity index is 1.18. The number of nitrogens with two attached hydrogens (primary N) is 1. The van der Waals surface area contributed by atoms with Gasteiger partial charge in [-0.05, 0) is 54.5 Å². The molecule has 9 nitrogen and oxygen atoms in total. The van der Waals surface area contributed by atoms with Crippen LogP contribution in [-0.2, 0) is 17.8 Å². The summed E-state index contributed by atoms with van der Waals surface area (Å²) in [4.78, 5) is 14.2. The zero-order valence-electron chi connectivity index (χ0n) is 19.8. The number of carbonyl (C=O) groups excluding carboxylic acids is 1. The van der Waals surface area contributed by atoms with Crippen molar-refractivity contribution in [3.63, 3.8) is 0 Å². The van der Waals surface area contributed by atoms with Gasteiger partial charge in [-0.25, -0.2) is 9.48 Å². The van der Waals surface area contributed by atoms with E-state index in [9.17, 15) is 9.90 Å². The van der Waals surface area contributed by atoms with E-state index in [2.05, 4.69) is 15.3 Å². The number of likely N-dealkylation sites (tertiary alicyclic amines) is 1. The maximum atomic E-state index is 12.4. The van der Waals surface area contributed by atoms with E-state index in [0.29, 0.717) is 36.0 Å². The number of nitrogens with zero attached hydrogens (tertiary/aromatic N) is 5. The Bertz CT molecular complexity index is 1330. The largest absolute Gasteiger partial charge is 0.507 e. The van der Waals surface area contributed by atoms with Crippen LogP contribution in [0, 0.1) is 5.92 Å². The Morgan fingerprint density at radius 1 is 1.03 bits per heavy atom. The Morgan fingerprint density at radius 2 is 1.78 bits per heavy atom. The Hall–Kier alpha value is -4.40. The number of anilines is 1. The number of aromatic hydroxyl groups is 1. The van der Waals surface area contributed by atoms with Crippen molar-refractivity contribution in [2.45, 2.75) is 25.9 Å². The molecule has 3 heterocycles. The lowest BCUT2D eigenvalue weighted by molar-refractivity contribution is 0.0823. The minimum atomic E-state index is -0.258. The molecular formula is C27H28N6O3. The number of nitrogen functional groups attached to an aromatic ring is 1. The molecule has 2 aromatic heterocycles. The highest BCUT2D eigenvalue weighted by molar-refractivity contribution is 5.70. The Morgan fingerprint density at radius 3 is 2.56 bits per heavy atom. The van der Waals surface area contributed by atoms with Crippen LogP contribution in [0.15, 0.2) is 73.1 Å². The van der Waals surface area contributed by atoms with Crippen LogP contribution in [0.25, 0.3) is 16.9 Å². The minimum Gasteiger partial charge on any atom is -0.507 e. The summed E-state index contributed by atoms with van der Waals surface area (Å²) >= 11 is 0. The van der Waals surface area contributed by atoms with Gasteiger partial charge in [-0.1, -0.05) is 42.5 Å². The van der Waals surface area contributed by atoms with Gasteiger partial charge in [-0.15, -0.1) is 10.2 Å². The van der Waals surface area contributed by atoms with Crippen molar-refractivity contribution in [3.8, 4) is 22.7 Å². The molecule has 36 heavy (non-hydrogen) atoms. The van der Waals surface area contributed by atoms with Crippen LogP contribution in [-0.4, -0.2) is 49.2 Å². The molecule has 0 atom stereocenters. The van der Waals surface area contributed by atoms with Gasteiger partial charge in [0.05, 0.1) is 11.9 Å². The molecule has 0 unspecified atom stereocenters. The summed E-state index contributed by atoms with van der Waals surface area (Å²) in [5.74, 6) is 0.829. The van der Waals surface area contributed by atoms with E-state index in [-0.39, 0.29) is 24.3 Å². The van der Waals surface area contributed by atoms with E-state index >= 15 is 0 Å². The molecule has 0 aliphatic carbocycles. The highest BCUT2D eigenvalue weighted by Crippen LogP contribution is 2.29. The Kier molecular flexibility index (Phi) is 6.79. The summed E-state index contributed by atoms with van der Waals surface area (Å²) in [5.41, 5.74) is 9.85. The second kappa shape index (κ2) is 10.5. The number of phenolic OH excluding ortho intramolecular Hbond substituents is 1. The van der Waals surface area contributed by atoms with Gasteiger partial charge in [0.1, 0.15) is 18.0 Å². The smallest absolute Gasteiger partial charge is 0.410 e. The number of hydrogen-bond acceptors (Lipinski definition) is 7. The molecule has 1 aliphatic heterocycles. The van der Waals surface area contributed by atoms with Crippen LogP contribution in [0.4, 0.5) is 10.6 Å². The first-order valence-electron chi connectivity index (χ1n) is 12.0. The number of rotatable bonds is 6. The summed E-state index contributed by atoms with van der Waals surface area (Å²) in [6.07, 6.45) is 6.19. The monoisotopic (exact) mass is 484 g/mol. The zero-order chi connectivity index (χ0) is 24.9. The summed E-state index contributed by atoms with van der Waals surface area (Å²) < 4.78 is 7.16. The van der Waals surface area contributed by atoms with Crippen LogP contribution in [0.1, 0.15) is 24.0 Å². The molecule has 1 aliphatic rings. The molecule has 1 fully saturated rings. The molecule has 5 rings (SSSR count). The standard InChI is InChI=1S/C27H28N6O3/c28-26-24(15-23(30-31-26)22-8-4-5-9-25(22)34)33-17-21(16-29-33)14-19-10-12-32(13-11-19)27(35)36-18-20-6-2-1-3-7-20/h1-9,15-17,19,34H,10-14,18H2,(H2,28,31). The van der Waals surface area contributed by atoms with Crippen LogP contribution < -0.4 is 5.73 Å². The summed E-state index contributed by atoms with van der Waals surface area (Å²) in [5, 5.41) is 22.8. The van der Waals surface area contributed by atoms with Crippen LogP contribution in [0.5, 0.6) is 5.75 Å². The number of piperidine rings is 1. The van der Waals surface area contributed by atoms with Crippen LogP contribution in [0.3, 0.4) is 0 Å². The van der Waals surface area contributed by atoms with Crippen LogP contribution in [0.2, 0.25) is 0 Å². The molecule has 2 aromatic carbocycles. The van der Waals surface area contributed by atoms with E-state index < -0.39 is 0 Å². The second-order valence-corrected chi connectivity index (χ2v) is 8.99. The molecule has 0 bridgehead atoms.